The van der Waals surface area contributed by atoms with Crippen LogP contribution in [0.15, 0.2) is 41.0 Å². The SMILES string of the molecule is CC(C)(C)c1cc(-c2nc(CCOc3ccc(C=O)c(O)c3)co2)cc(C(C)(C)C)c1O. The summed E-state index contributed by atoms with van der Waals surface area (Å²) in [5.74, 6) is 1.17. The first-order valence-electron chi connectivity index (χ1n) is 10.6. The van der Waals surface area contributed by atoms with Crippen LogP contribution >= 0.6 is 0 Å². The standard InChI is InChI=1S/C26H31NO5/c1-25(2,3)20-11-17(12-21(23(20)30)26(4,5)6)24-27-18(15-32-24)9-10-31-19-8-7-16(14-28)22(29)13-19/h7-8,11-15,29-30H,9-10H2,1-6H3. The first-order valence-corrected chi connectivity index (χ1v) is 10.6. The third kappa shape index (κ3) is 5.13. The van der Waals surface area contributed by atoms with Gasteiger partial charge < -0.3 is 19.4 Å². The summed E-state index contributed by atoms with van der Waals surface area (Å²) in [6, 6.07) is 8.44. The molecule has 0 atom stereocenters. The van der Waals surface area contributed by atoms with Crippen molar-refractivity contribution in [3.63, 3.8) is 0 Å². The fourth-order valence-corrected chi connectivity index (χ4v) is 3.44. The van der Waals surface area contributed by atoms with Gasteiger partial charge >= 0.3 is 0 Å². The number of benzene rings is 2. The molecule has 0 bridgehead atoms. The largest absolute Gasteiger partial charge is 0.507 e. The van der Waals surface area contributed by atoms with Crippen LogP contribution in [-0.2, 0) is 17.3 Å². The zero-order valence-corrected chi connectivity index (χ0v) is 19.5. The Morgan fingerprint density at radius 3 is 2.16 bits per heavy atom. The molecule has 6 nitrogen and oxygen atoms in total. The molecule has 0 amide bonds. The molecule has 0 aliphatic rings. The van der Waals surface area contributed by atoms with Gasteiger partial charge in [0.25, 0.3) is 0 Å². The van der Waals surface area contributed by atoms with E-state index in [0.29, 0.717) is 36.7 Å². The van der Waals surface area contributed by atoms with Crippen molar-refractivity contribution in [2.75, 3.05) is 6.61 Å². The Hall–Kier alpha value is -3.28. The number of hydrogen-bond acceptors (Lipinski definition) is 6. The molecule has 0 saturated carbocycles. The van der Waals surface area contributed by atoms with Gasteiger partial charge in [-0.3, -0.25) is 4.79 Å². The molecule has 2 aromatic carbocycles. The Balaban J connectivity index is 1.80. The molecule has 0 aliphatic carbocycles. The smallest absolute Gasteiger partial charge is 0.226 e. The Kier molecular flexibility index (Phi) is 6.35. The summed E-state index contributed by atoms with van der Waals surface area (Å²) in [4.78, 5) is 15.4. The van der Waals surface area contributed by atoms with E-state index in [-0.39, 0.29) is 22.1 Å². The maximum atomic E-state index is 10.9. The number of rotatable bonds is 6. The maximum absolute atomic E-state index is 10.9. The molecule has 32 heavy (non-hydrogen) atoms. The number of phenolic OH excluding ortho intramolecular Hbond substituents is 2. The van der Waals surface area contributed by atoms with Crippen LogP contribution < -0.4 is 4.74 Å². The van der Waals surface area contributed by atoms with Crippen molar-refractivity contribution in [2.45, 2.75) is 58.8 Å². The predicted molar refractivity (Wildman–Crippen MR) is 124 cm³/mol. The van der Waals surface area contributed by atoms with E-state index in [1.807, 2.05) is 12.1 Å². The molecule has 0 fully saturated rings. The summed E-state index contributed by atoms with van der Waals surface area (Å²) >= 11 is 0. The molecule has 3 aromatic rings. The van der Waals surface area contributed by atoms with Gasteiger partial charge in [-0.2, -0.15) is 0 Å². The van der Waals surface area contributed by atoms with Crippen LogP contribution in [0.3, 0.4) is 0 Å². The van der Waals surface area contributed by atoms with Gasteiger partial charge in [0.05, 0.1) is 17.9 Å². The number of carbonyl (C=O) groups is 1. The lowest BCUT2D eigenvalue weighted by molar-refractivity contribution is 0.112. The van der Waals surface area contributed by atoms with Crippen LogP contribution in [0, 0.1) is 0 Å². The number of phenols is 2. The van der Waals surface area contributed by atoms with Gasteiger partial charge in [-0.25, -0.2) is 4.98 Å². The van der Waals surface area contributed by atoms with E-state index in [2.05, 4.69) is 46.5 Å². The predicted octanol–water partition coefficient (Wildman–Crippen LogP) is 5.78. The lowest BCUT2D eigenvalue weighted by Gasteiger charge is -2.27. The number of oxazole rings is 1. The highest BCUT2D eigenvalue weighted by Gasteiger charge is 2.27. The highest BCUT2D eigenvalue weighted by molar-refractivity contribution is 5.79. The average molecular weight is 438 g/mol. The third-order valence-corrected chi connectivity index (χ3v) is 5.28. The lowest BCUT2D eigenvalue weighted by atomic mass is 9.78. The Morgan fingerprint density at radius 1 is 1.00 bits per heavy atom. The second-order valence-electron chi connectivity index (χ2n) is 10.0. The number of aromatic hydroxyl groups is 2. The van der Waals surface area contributed by atoms with E-state index in [1.54, 1.807) is 12.3 Å². The lowest BCUT2D eigenvalue weighted by Crippen LogP contribution is -2.17. The summed E-state index contributed by atoms with van der Waals surface area (Å²) < 4.78 is 11.4. The molecule has 0 aliphatic heterocycles. The summed E-state index contributed by atoms with van der Waals surface area (Å²) in [6.07, 6.45) is 2.71. The first kappa shape index (κ1) is 23.4. The number of carbonyl (C=O) groups excluding carboxylic acids is 1. The van der Waals surface area contributed by atoms with Gasteiger partial charge in [0.1, 0.15) is 23.5 Å². The quantitative estimate of drug-likeness (QED) is 0.475. The number of aldehydes is 1. The minimum absolute atomic E-state index is 0.113. The zero-order chi connectivity index (χ0) is 23.7. The van der Waals surface area contributed by atoms with E-state index in [1.165, 1.54) is 12.1 Å². The van der Waals surface area contributed by atoms with Crippen LogP contribution in [-0.4, -0.2) is 28.1 Å². The van der Waals surface area contributed by atoms with Crippen molar-refractivity contribution in [3.8, 4) is 28.7 Å². The van der Waals surface area contributed by atoms with Crippen LogP contribution in [0.25, 0.3) is 11.5 Å². The first-order chi connectivity index (χ1) is 14.9. The minimum Gasteiger partial charge on any atom is -0.507 e. The molecule has 0 unspecified atom stereocenters. The van der Waals surface area contributed by atoms with Crippen LogP contribution in [0.5, 0.6) is 17.2 Å². The number of hydrogen-bond donors (Lipinski definition) is 2. The van der Waals surface area contributed by atoms with E-state index in [9.17, 15) is 15.0 Å². The summed E-state index contributed by atoms with van der Waals surface area (Å²) in [5.41, 5.74) is 2.98. The fraction of sp³-hybridized carbons (Fsp3) is 0.385. The Labute approximate surface area is 188 Å². The van der Waals surface area contributed by atoms with Crippen LogP contribution in [0.1, 0.15) is 68.7 Å². The molecular formula is C26H31NO5. The molecule has 170 valence electrons. The van der Waals surface area contributed by atoms with E-state index in [0.717, 1.165) is 22.4 Å². The van der Waals surface area contributed by atoms with E-state index < -0.39 is 0 Å². The summed E-state index contributed by atoms with van der Waals surface area (Å²) in [6.45, 7) is 12.7. The van der Waals surface area contributed by atoms with E-state index in [4.69, 9.17) is 9.15 Å². The third-order valence-electron chi connectivity index (χ3n) is 5.28. The normalized spacial score (nSPS) is 12.1. The molecule has 6 heteroatoms. The molecule has 0 radical (unpaired) electrons. The molecular weight excluding hydrogens is 406 g/mol. The molecule has 1 aromatic heterocycles. The van der Waals surface area contributed by atoms with Gasteiger partial charge in [0.15, 0.2) is 6.29 Å². The Morgan fingerprint density at radius 2 is 1.62 bits per heavy atom. The van der Waals surface area contributed by atoms with Gasteiger partial charge in [0, 0.05) is 29.2 Å². The topological polar surface area (TPSA) is 92.8 Å². The van der Waals surface area contributed by atoms with Crippen molar-refractivity contribution in [1.29, 1.82) is 0 Å². The number of ether oxygens (including phenoxy) is 1. The monoisotopic (exact) mass is 437 g/mol. The number of nitrogens with zero attached hydrogens (tertiary/aromatic N) is 1. The number of aromatic nitrogens is 1. The van der Waals surface area contributed by atoms with Gasteiger partial charge in [0.2, 0.25) is 5.89 Å². The maximum Gasteiger partial charge on any atom is 0.226 e. The molecule has 2 N–H and O–H groups in total. The van der Waals surface area contributed by atoms with Crippen molar-refractivity contribution in [1.82, 2.24) is 4.98 Å². The molecule has 0 spiro atoms. The molecule has 0 saturated heterocycles. The summed E-state index contributed by atoms with van der Waals surface area (Å²) in [5, 5.41) is 20.7. The van der Waals surface area contributed by atoms with Crippen LogP contribution in [0.2, 0.25) is 0 Å². The minimum atomic E-state index is -0.242. The van der Waals surface area contributed by atoms with Crippen molar-refractivity contribution in [2.24, 2.45) is 0 Å². The van der Waals surface area contributed by atoms with Gasteiger partial charge in [-0.15, -0.1) is 0 Å². The van der Waals surface area contributed by atoms with Crippen molar-refractivity contribution < 1.29 is 24.2 Å². The highest BCUT2D eigenvalue weighted by Crippen LogP contribution is 2.41. The Bertz CT molecular complexity index is 1080. The second kappa shape index (κ2) is 8.69. The molecule has 3 rings (SSSR count). The fourth-order valence-electron chi connectivity index (χ4n) is 3.44. The van der Waals surface area contributed by atoms with Gasteiger partial charge in [-0.05, 0) is 35.1 Å². The average Bonchev–Trinajstić information content (AvgIpc) is 3.15. The van der Waals surface area contributed by atoms with Crippen molar-refractivity contribution in [3.05, 3.63) is 59.0 Å². The van der Waals surface area contributed by atoms with Gasteiger partial charge in [-0.1, -0.05) is 41.5 Å². The molecule has 1 heterocycles. The zero-order valence-electron chi connectivity index (χ0n) is 19.5. The second-order valence-corrected chi connectivity index (χ2v) is 10.0. The van der Waals surface area contributed by atoms with E-state index >= 15 is 0 Å². The van der Waals surface area contributed by atoms with Crippen molar-refractivity contribution >= 4 is 6.29 Å². The summed E-state index contributed by atoms with van der Waals surface area (Å²) in [7, 11) is 0. The van der Waals surface area contributed by atoms with Crippen LogP contribution in [0.4, 0.5) is 0 Å². The highest BCUT2D eigenvalue weighted by atomic mass is 16.5.